The fourth-order valence-corrected chi connectivity index (χ4v) is 3.35. The van der Waals surface area contributed by atoms with Crippen LogP contribution in [0.3, 0.4) is 0 Å². The summed E-state index contributed by atoms with van der Waals surface area (Å²) in [5, 5.41) is 11.6. The standard InChI is InChI=1S/C17H23N5OS/c1-17(2,3)15-20-21-16(22(15)18)24-13(11-7-5-4-6-8-11)14(23)19-12-9-10-12/h4-8,12-13H,9-10,18H2,1-3H3,(H,19,23)/t13-/m0/s1. The first-order chi connectivity index (χ1) is 11.4. The van der Waals surface area contributed by atoms with Crippen molar-refractivity contribution in [3.05, 3.63) is 41.7 Å². The molecule has 3 N–H and O–H groups in total. The Morgan fingerprint density at radius 3 is 2.50 bits per heavy atom. The van der Waals surface area contributed by atoms with E-state index in [9.17, 15) is 4.79 Å². The Hall–Kier alpha value is -2.02. The number of hydrogen-bond donors (Lipinski definition) is 2. The summed E-state index contributed by atoms with van der Waals surface area (Å²) >= 11 is 1.34. The number of aromatic nitrogens is 3. The average Bonchev–Trinajstić information content (AvgIpc) is 3.26. The minimum atomic E-state index is -0.397. The van der Waals surface area contributed by atoms with Gasteiger partial charge in [0.15, 0.2) is 5.82 Å². The van der Waals surface area contributed by atoms with E-state index >= 15 is 0 Å². The highest BCUT2D eigenvalue weighted by Gasteiger charge is 2.31. The number of amides is 1. The first-order valence-corrected chi connectivity index (χ1v) is 8.97. The van der Waals surface area contributed by atoms with Crippen LogP contribution in [0, 0.1) is 0 Å². The summed E-state index contributed by atoms with van der Waals surface area (Å²) < 4.78 is 1.49. The van der Waals surface area contributed by atoms with E-state index in [4.69, 9.17) is 5.84 Å². The number of carbonyl (C=O) groups is 1. The molecular formula is C17H23N5OS. The Labute approximate surface area is 146 Å². The minimum absolute atomic E-state index is 0.00555. The molecule has 3 rings (SSSR count). The van der Waals surface area contributed by atoms with E-state index in [1.165, 1.54) is 16.4 Å². The number of carbonyl (C=O) groups excluding carboxylic acids is 1. The highest BCUT2D eigenvalue weighted by molar-refractivity contribution is 8.00. The third-order valence-electron chi connectivity index (χ3n) is 3.82. The van der Waals surface area contributed by atoms with Crippen LogP contribution in [0.2, 0.25) is 0 Å². The lowest BCUT2D eigenvalue weighted by molar-refractivity contribution is -0.120. The van der Waals surface area contributed by atoms with Crippen molar-refractivity contribution in [3.8, 4) is 0 Å². The largest absolute Gasteiger partial charge is 0.352 e. The number of hydrogen-bond acceptors (Lipinski definition) is 5. The Balaban J connectivity index is 1.86. The molecule has 0 unspecified atom stereocenters. The van der Waals surface area contributed by atoms with Crippen molar-refractivity contribution in [2.45, 2.75) is 55.5 Å². The number of rotatable bonds is 5. The first kappa shape index (κ1) is 16.8. The number of nitrogen functional groups attached to an aromatic ring is 1. The maximum atomic E-state index is 12.7. The first-order valence-electron chi connectivity index (χ1n) is 8.09. The molecule has 0 radical (unpaired) electrons. The number of benzene rings is 1. The second-order valence-electron chi connectivity index (χ2n) is 7.12. The zero-order valence-corrected chi connectivity index (χ0v) is 15.0. The van der Waals surface area contributed by atoms with Gasteiger partial charge >= 0.3 is 0 Å². The molecular weight excluding hydrogens is 322 g/mol. The third kappa shape index (κ3) is 3.72. The average molecular weight is 345 g/mol. The van der Waals surface area contributed by atoms with Crippen LogP contribution in [0.1, 0.15) is 50.3 Å². The molecule has 1 aliphatic carbocycles. The molecule has 1 saturated carbocycles. The van der Waals surface area contributed by atoms with Gasteiger partial charge in [-0.15, -0.1) is 10.2 Å². The second kappa shape index (κ2) is 6.47. The monoisotopic (exact) mass is 345 g/mol. The molecule has 0 aliphatic heterocycles. The number of thioether (sulfide) groups is 1. The van der Waals surface area contributed by atoms with Gasteiger partial charge in [-0.2, -0.15) is 0 Å². The summed E-state index contributed by atoms with van der Waals surface area (Å²) in [6.45, 7) is 6.09. The van der Waals surface area contributed by atoms with Crippen molar-refractivity contribution < 1.29 is 4.79 Å². The van der Waals surface area contributed by atoms with Gasteiger partial charge in [0.05, 0.1) is 0 Å². The lowest BCUT2D eigenvalue weighted by atomic mass is 9.96. The van der Waals surface area contributed by atoms with Crippen LogP contribution in [-0.2, 0) is 10.2 Å². The molecule has 1 heterocycles. The van der Waals surface area contributed by atoms with Crippen LogP contribution in [0.15, 0.2) is 35.5 Å². The van der Waals surface area contributed by atoms with Crippen molar-refractivity contribution in [2.24, 2.45) is 0 Å². The van der Waals surface area contributed by atoms with Crippen LogP contribution >= 0.6 is 11.8 Å². The number of nitrogens with two attached hydrogens (primary N) is 1. The fraction of sp³-hybridized carbons (Fsp3) is 0.471. The molecule has 7 heteroatoms. The predicted octanol–water partition coefficient (Wildman–Crippen LogP) is 2.40. The summed E-state index contributed by atoms with van der Waals surface area (Å²) in [4.78, 5) is 12.7. The van der Waals surface area contributed by atoms with Gasteiger partial charge in [0, 0.05) is 11.5 Å². The van der Waals surface area contributed by atoms with Crippen molar-refractivity contribution in [1.82, 2.24) is 20.2 Å². The van der Waals surface area contributed by atoms with Crippen LogP contribution in [0.25, 0.3) is 0 Å². The van der Waals surface area contributed by atoms with Gasteiger partial charge in [0.25, 0.3) is 0 Å². The zero-order chi connectivity index (χ0) is 17.3. The van der Waals surface area contributed by atoms with E-state index in [0.29, 0.717) is 17.0 Å². The zero-order valence-electron chi connectivity index (χ0n) is 14.2. The normalized spacial score (nSPS) is 16.0. The SMILES string of the molecule is CC(C)(C)c1nnc(S[C@H](C(=O)NC2CC2)c2ccccc2)n1N. The molecule has 1 atom stereocenters. The van der Waals surface area contributed by atoms with Crippen molar-refractivity contribution in [1.29, 1.82) is 0 Å². The van der Waals surface area contributed by atoms with Crippen molar-refractivity contribution in [3.63, 3.8) is 0 Å². The van der Waals surface area contributed by atoms with Gasteiger partial charge in [0.2, 0.25) is 11.1 Å². The lowest BCUT2D eigenvalue weighted by Gasteiger charge is -2.18. The van der Waals surface area contributed by atoms with E-state index in [1.54, 1.807) is 0 Å². The third-order valence-corrected chi connectivity index (χ3v) is 5.03. The van der Waals surface area contributed by atoms with Crippen molar-refractivity contribution in [2.75, 3.05) is 5.84 Å². The van der Waals surface area contributed by atoms with Gasteiger partial charge < -0.3 is 11.2 Å². The fourth-order valence-electron chi connectivity index (χ4n) is 2.38. The quantitative estimate of drug-likeness (QED) is 0.642. The molecule has 0 saturated heterocycles. The molecule has 1 fully saturated rings. The molecule has 0 bridgehead atoms. The van der Waals surface area contributed by atoms with E-state index in [0.717, 1.165) is 18.4 Å². The summed E-state index contributed by atoms with van der Waals surface area (Å²) in [6.07, 6.45) is 2.11. The molecule has 6 nitrogen and oxygen atoms in total. The molecule has 24 heavy (non-hydrogen) atoms. The van der Waals surface area contributed by atoms with Crippen LogP contribution in [0.4, 0.5) is 0 Å². The van der Waals surface area contributed by atoms with Crippen LogP contribution in [-0.4, -0.2) is 26.8 Å². The summed E-state index contributed by atoms with van der Waals surface area (Å²) in [5.41, 5.74) is 0.722. The Morgan fingerprint density at radius 2 is 1.96 bits per heavy atom. The smallest absolute Gasteiger partial charge is 0.238 e. The van der Waals surface area contributed by atoms with Gasteiger partial charge in [-0.1, -0.05) is 62.9 Å². The van der Waals surface area contributed by atoms with Gasteiger partial charge in [-0.3, -0.25) is 4.79 Å². The lowest BCUT2D eigenvalue weighted by Crippen LogP contribution is -2.30. The summed E-state index contributed by atoms with van der Waals surface area (Å²) in [5.74, 6) is 6.86. The summed E-state index contributed by atoms with van der Waals surface area (Å²) in [7, 11) is 0. The Morgan fingerprint density at radius 1 is 1.29 bits per heavy atom. The van der Waals surface area contributed by atoms with E-state index in [2.05, 4.69) is 15.5 Å². The van der Waals surface area contributed by atoms with E-state index in [1.807, 2.05) is 51.1 Å². The van der Waals surface area contributed by atoms with Gasteiger partial charge in [-0.25, -0.2) is 4.68 Å². The minimum Gasteiger partial charge on any atom is -0.352 e. The number of nitrogens with one attached hydrogen (secondary N) is 1. The molecule has 128 valence electrons. The van der Waals surface area contributed by atoms with E-state index < -0.39 is 5.25 Å². The molecule has 1 aromatic carbocycles. The molecule has 1 amide bonds. The number of nitrogens with zero attached hydrogens (tertiary/aromatic N) is 3. The maximum absolute atomic E-state index is 12.7. The topological polar surface area (TPSA) is 85.8 Å². The van der Waals surface area contributed by atoms with Gasteiger partial charge in [-0.05, 0) is 18.4 Å². The Bertz CT molecular complexity index is 718. The molecule has 1 aromatic heterocycles. The van der Waals surface area contributed by atoms with Gasteiger partial charge in [0.1, 0.15) is 5.25 Å². The molecule has 2 aromatic rings. The predicted molar refractivity (Wildman–Crippen MR) is 95.1 cm³/mol. The van der Waals surface area contributed by atoms with Crippen molar-refractivity contribution >= 4 is 17.7 Å². The second-order valence-corrected chi connectivity index (χ2v) is 8.19. The molecule has 1 aliphatic rings. The summed E-state index contributed by atoms with van der Waals surface area (Å²) in [6, 6.07) is 10.0. The molecule has 0 spiro atoms. The maximum Gasteiger partial charge on any atom is 0.238 e. The highest BCUT2D eigenvalue weighted by Crippen LogP contribution is 2.36. The highest BCUT2D eigenvalue weighted by atomic mass is 32.2. The van der Waals surface area contributed by atoms with Crippen LogP contribution in [0.5, 0.6) is 0 Å². The van der Waals surface area contributed by atoms with E-state index in [-0.39, 0.29) is 11.3 Å². The Kier molecular flexibility index (Phi) is 4.54. The van der Waals surface area contributed by atoms with Crippen LogP contribution < -0.4 is 11.2 Å².